The van der Waals surface area contributed by atoms with Crippen LogP contribution in [0.3, 0.4) is 0 Å². The Morgan fingerprint density at radius 2 is 1.76 bits per heavy atom. The molecule has 0 aliphatic rings. The summed E-state index contributed by atoms with van der Waals surface area (Å²) in [6.07, 6.45) is 0. The topological polar surface area (TPSA) is 155 Å². The summed E-state index contributed by atoms with van der Waals surface area (Å²) in [5.41, 5.74) is 0.651. The minimum absolute atomic E-state index is 0.00158. The number of phenolic OH excluding ortho intramolecular Hbond substituents is 2. The van der Waals surface area contributed by atoms with Gasteiger partial charge in [0, 0.05) is 25.7 Å². The van der Waals surface area contributed by atoms with Crippen molar-refractivity contribution in [3.63, 3.8) is 0 Å². The number of amides is 2. The number of hydrogen-bond acceptors (Lipinski definition) is 9. The van der Waals surface area contributed by atoms with Gasteiger partial charge in [0.15, 0.2) is 11.5 Å². The van der Waals surface area contributed by atoms with Gasteiger partial charge in [-0.2, -0.15) is 4.98 Å². The van der Waals surface area contributed by atoms with Crippen molar-refractivity contribution in [3.05, 3.63) is 29.3 Å². The van der Waals surface area contributed by atoms with Crippen molar-refractivity contribution in [2.75, 3.05) is 19.6 Å². The van der Waals surface area contributed by atoms with Crippen LogP contribution in [0.2, 0.25) is 0 Å². The highest BCUT2D eigenvalue weighted by atomic mass is 16.5. The zero-order valence-corrected chi connectivity index (χ0v) is 19.2. The summed E-state index contributed by atoms with van der Waals surface area (Å²) < 4.78 is 10.6. The molecule has 33 heavy (non-hydrogen) atoms. The second-order valence-electron chi connectivity index (χ2n) is 7.58. The molecule has 0 aliphatic heterocycles. The van der Waals surface area contributed by atoms with Crippen LogP contribution in [-0.4, -0.2) is 61.9 Å². The number of aromatic nitrogens is 3. The lowest BCUT2D eigenvalue weighted by atomic mass is 9.96. The van der Waals surface area contributed by atoms with Crippen molar-refractivity contribution in [1.29, 1.82) is 0 Å². The summed E-state index contributed by atoms with van der Waals surface area (Å²) in [5.74, 6) is -1.79. The maximum atomic E-state index is 12.6. The molecule has 0 bridgehead atoms. The van der Waals surface area contributed by atoms with E-state index < -0.39 is 11.8 Å². The summed E-state index contributed by atoms with van der Waals surface area (Å²) in [5, 5.41) is 31.1. The fraction of sp³-hybridized carbons (Fsp3) is 0.409. The van der Waals surface area contributed by atoms with Gasteiger partial charge in [-0.3, -0.25) is 9.59 Å². The monoisotopic (exact) mass is 457 g/mol. The first-order chi connectivity index (χ1) is 15.7. The maximum Gasteiger partial charge on any atom is 0.316 e. The Morgan fingerprint density at radius 3 is 2.36 bits per heavy atom. The van der Waals surface area contributed by atoms with Crippen LogP contribution in [0, 0.1) is 0 Å². The van der Waals surface area contributed by atoms with E-state index in [1.54, 1.807) is 13.0 Å². The molecule has 176 valence electrons. The molecule has 3 rings (SSSR count). The van der Waals surface area contributed by atoms with Crippen LogP contribution < -0.4 is 5.32 Å². The van der Waals surface area contributed by atoms with E-state index in [1.807, 2.05) is 27.7 Å². The van der Waals surface area contributed by atoms with Crippen molar-refractivity contribution in [3.8, 4) is 34.2 Å². The predicted molar refractivity (Wildman–Crippen MR) is 118 cm³/mol. The van der Waals surface area contributed by atoms with Crippen LogP contribution >= 0.6 is 0 Å². The molecular weight excluding hydrogens is 430 g/mol. The van der Waals surface area contributed by atoms with E-state index in [-0.39, 0.29) is 51.7 Å². The van der Waals surface area contributed by atoms with E-state index >= 15 is 0 Å². The van der Waals surface area contributed by atoms with Gasteiger partial charge in [-0.15, -0.1) is 0 Å². The maximum absolute atomic E-state index is 12.6. The van der Waals surface area contributed by atoms with Crippen LogP contribution in [-0.2, 0) is 0 Å². The van der Waals surface area contributed by atoms with Crippen molar-refractivity contribution in [2.24, 2.45) is 0 Å². The van der Waals surface area contributed by atoms with Crippen molar-refractivity contribution in [2.45, 2.75) is 40.5 Å². The first-order valence-corrected chi connectivity index (χ1v) is 10.7. The number of hydrogen-bond donors (Lipinski definition) is 3. The van der Waals surface area contributed by atoms with Gasteiger partial charge in [0.1, 0.15) is 17.1 Å². The first kappa shape index (κ1) is 23.8. The van der Waals surface area contributed by atoms with Gasteiger partial charge in [-0.05, 0) is 38.3 Å². The first-order valence-electron chi connectivity index (χ1n) is 10.7. The molecule has 0 radical (unpaired) electrons. The van der Waals surface area contributed by atoms with Crippen molar-refractivity contribution >= 4 is 11.8 Å². The number of carbonyl (C=O) groups is 2. The zero-order valence-electron chi connectivity index (χ0n) is 19.2. The van der Waals surface area contributed by atoms with E-state index in [1.165, 1.54) is 11.0 Å². The van der Waals surface area contributed by atoms with Crippen molar-refractivity contribution in [1.82, 2.24) is 25.5 Å². The molecule has 0 fully saturated rings. The van der Waals surface area contributed by atoms with E-state index in [4.69, 9.17) is 9.05 Å². The van der Waals surface area contributed by atoms with E-state index in [2.05, 4.69) is 20.6 Å². The number of phenols is 2. The van der Waals surface area contributed by atoms with E-state index in [0.29, 0.717) is 25.2 Å². The second kappa shape index (κ2) is 9.72. The lowest BCUT2D eigenvalue weighted by Crippen LogP contribution is -2.30. The Labute approximate surface area is 190 Å². The molecule has 3 N–H and O–H groups in total. The van der Waals surface area contributed by atoms with Crippen LogP contribution in [0.1, 0.15) is 67.3 Å². The number of carbonyl (C=O) groups excluding carboxylic acids is 2. The largest absolute Gasteiger partial charge is 0.508 e. The SMILES string of the molecule is CCNC(=O)c1noc(-c2cc(C(C)C)c(O)cc2O)c1-c1noc(C(=O)N(CC)CC)n1. The number of benzene rings is 1. The molecule has 2 heterocycles. The Balaban J connectivity index is 2.20. The Hall–Kier alpha value is -3.89. The Kier molecular flexibility index (Phi) is 7.00. The number of aromatic hydroxyl groups is 2. The van der Waals surface area contributed by atoms with Crippen LogP contribution in [0.5, 0.6) is 11.5 Å². The van der Waals surface area contributed by atoms with Gasteiger partial charge in [-0.1, -0.05) is 24.2 Å². The molecule has 11 nitrogen and oxygen atoms in total. The zero-order chi connectivity index (χ0) is 24.3. The summed E-state index contributed by atoms with van der Waals surface area (Å²) in [4.78, 5) is 31.0. The van der Waals surface area contributed by atoms with Crippen LogP contribution in [0.25, 0.3) is 22.7 Å². The lowest BCUT2D eigenvalue weighted by molar-refractivity contribution is 0.0723. The molecule has 1 aromatic carbocycles. The quantitative estimate of drug-likeness (QED) is 0.462. The normalized spacial score (nSPS) is 11.1. The number of rotatable bonds is 8. The van der Waals surface area contributed by atoms with Crippen LogP contribution in [0.4, 0.5) is 0 Å². The standard InChI is InChI=1S/C22H27N5O6/c1-6-23-20(30)17-16(19-24-21(33-26-19)22(31)27(7-2)8-3)18(32-25-17)13-9-12(11(4)5)14(28)10-15(13)29/h9-11,28-29H,6-8H2,1-5H3,(H,23,30). The lowest BCUT2D eigenvalue weighted by Gasteiger charge is -2.15. The third-order valence-corrected chi connectivity index (χ3v) is 5.14. The summed E-state index contributed by atoms with van der Waals surface area (Å²) >= 11 is 0. The van der Waals surface area contributed by atoms with Gasteiger partial charge < -0.3 is 29.5 Å². The van der Waals surface area contributed by atoms with E-state index in [9.17, 15) is 19.8 Å². The average molecular weight is 457 g/mol. The molecule has 11 heteroatoms. The minimum atomic E-state index is -0.550. The highest BCUT2D eigenvalue weighted by Gasteiger charge is 2.31. The molecule has 0 saturated heterocycles. The second-order valence-corrected chi connectivity index (χ2v) is 7.58. The van der Waals surface area contributed by atoms with Crippen molar-refractivity contribution < 1.29 is 28.8 Å². The summed E-state index contributed by atoms with van der Waals surface area (Å²) in [6, 6.07) is 2.73. The highest BCUT2D eigenvalue weighted by Crippen LogP contribution is 2.42. The molecule has 0 unspecified atom stereocenters. The third kappa shape index (κ3) is 4.52. The Bertz CT molecular complexity index is 1160. The fourth-order valence-electron chi connectivity index (χ4n) is 3.38. The summed E-state index contributed by atoms with van der Waals surface area (Å²) in [6.45, 7) is 10.4. The predicted octanol–water partition coefficient (Wildman–Crippen LogP) is 3.16. The van der Waals surface area contributed by atoms with Gasteiger partial charge in [0.25, 0.3) is 5.91 Å². The minimum Gasteiger partial charge on any atom is -0.508 e. The highest BCUT2D eigenvalue weighted by molar-refractivity contribution is 6.02. The molecule has 2 aromatic heterocycles. The molecule has 2 amide bonds. The Morgan fingerprint density at radius 1 is 1.06 bits per heavy atom. The van der Waals surface area contributed by atoms with Gasteiger partial charge in [0.05, 0.1) is 5.56 Å². The van der Waals surface area contributed by atoms with Gasteiger partial charge in [-0.25, -0.2) is 0 Å². The average Bonchev–Trinajstić information content (AvgIpc) is 3.41. The number of nitrogens with one attached hydrogen (secondary N) is 1. The summed E-state index contributed by atoms with van der Waals surface area (Å²) in [7, 11) is 0. The molecular formula is C22H27N5O6. The molecule has 0 atom stereocenters. The van der Waals surface area contributed by atoms with Crippen LogP contribution in [0.15, 0.2) is 21.2 Å². The molecule has 0 spiro atoms. The third-order valence-electron chi connectivity index (χ3n) is 5.14. The number of nitrogens with zero attached hydrogens (tertiary/aromatic N) is 4. The fourth-order valence-corrected chi connectivity index (χ4v) is 3.38. The molecule has 0 saturated carbocycles. The van der Waals surface area contributed by atoms with Gasteiger partial charge in [0.2, 0.25) is 5.82 Å². The molecule has 3 aromatic rings. The van der Waals surface area contributed by atoms with Gasteiger partial charge >= 0.3 is 11.8 Å². The smallest absolute Gasteiger partial charge is 0.316 e. The van der Waals surface area contributed by atoms with E-state index in [0.717, 1.165) is 0 Å². The molecule has 0 aliphatic carbocycles.